The van der Waals surface area contributed by atoms with Crippen LogP contribution in [0.5, 0.6) is 11.5 Å². The summed E-state index contributed by atoms with van der Waals surface area (Å²) in [6.07, 6.45) is 0.501. The molecule has 0 unspecified atom stereocenters. The molecule has 110 valence electrons. The Morgan fingerprint density at radius 1 is 1.19 bits per heavy atom. The molecule has 0 bridgehead atoms. The van der Waals surface area contributed by atoms with Crippen molar-refractivity contribution >= 4 is 5.84 Å². The van der Waals surface area contributed by atoms with Gasteiger partial charge in [-0.05, 0) is 36.6 Å². The third kappa shape index (κ3) is 3.32. The fourth-order valence-corrected chi connectivity index (χ4v) is 2.08. The highest BCUT2D eigenvalue weighted by Gasteiger charge is 2.13. The molecule has 2 aromatic carbocycles. The van der Waals surface area contributed by atoms with E-state index in [-0.39, 0.29) is 12.4 Å². The van der Waals surface area contributed by atoms with Gasteiger partial charge in [0.15, 0.2) is 5.84 Å². The van der Waals surface area contributed by atoms with Crippen LogP contribution in [-0.2, 0) is 6.42 Å². The molecule has 0 heterocycles. The van der Waals surface area contributed by atoms with E-state index in [1.54, 1.807) is 6.07 Å². The zero-order valence-electron chi connectivity index (χ0n) is 11.8. The fourth-order valence-electron chi connectivity index (χ4n) is 2.08. The minimum atomic E-state index is -0.00617. The van der Waals surface area contributed by atoms with Gasteiger partial charge in [0.25, 0.3) is 0 Å². The highest BCUT2D eigenvalue weighted by atomic mass is 16.5. The van der Waals surface area contributed by atoms with Gasteiger partial charge in [-0.15, -0.1) is 0 Å². The number of rotatable bonds is 5. The van der Waals surface area contributed by atoms with Crippen molar-refractivity contribution in [3.63, 3.8) is 0 Å². The van der Waals surface area contributed by atoms with Gasteiger partial charge in [0.2, 0.25) is 0 Å². The third-order valence-corrected chi connectivity index (χ3v) is 3.16. The van der Waals surface area contributed by atoms with Crippen LogP contribution in [0.25, 0.3) is 0 Å². The molecule has 0 aliphatic rings. The molecule has 0 atom stereocenters. The van der Waals surface area contributed by atoms with E-state index in [0.717, 1.165) is 11.1 Å². The van der Waals surface area contributed by atoms with E-state index >= 15 is 0 Å². The Kier molecular flexibility index (Phi) is 4.79. The molecule has 2 aromatic rings. The number of hydrogen-bond donors (Lipinski definition) is 3. The van der Waals surface area contributed by atoms with Gasteiger partial charge in [-0.3, -0.25) is 0 Å². The summed E-state index contributed by atoms with van der Waals surface area (Å²) < 4.78 is 5.96. The first-order valence-corrected chi connectivity index (χ1v) is 6.61. The zero-order valence-corrected chi connectivity index (χ0v) is 11.8. The molecular weight excluding hydrogens is 268 g/mol. The Balaban J connectivity index is 2.45. The van der Waals surface area contributed by atoms with Gasteiger partial charge >= 0.3 is 0 Å². The number of benzene rings is 2. The summed E-state index contributed by atoms with van der Waals surface area (Å²) >= 11 is 0. The summed E-state index contributed by atoms with van der Waals surface area (Å²) in [6.45, 7) is 1.93. The summed E-state index contributed by atoms with van der Waals surface area (Å²) in [5, 5.41) is 21.0. The average molecular weight is 286 g/mol. The van der Waals surface area contributed by atoms with Crippen LogP contribution in [-0.4, -0.2) is 22.8 Å². The maximum absolute atomic E-state index is 9.12. The van der Waals surface area contributed by atoms with E-state index in [2.05, 4.69) is 5.16 Å². The van der Waals surface area contributed by atoms with Crippen LogP contribution in [0.15, 0.2) is 47.6 Å². The van der Waals surface area contributed by atoms with E-state index in [9.17, 15) is 0 Å². The Labute approximate surface area is 123 Å². The normalized spacial score (nSPS) is 11.4. The van der Waals surface area contributed by atoms with Crippen LogP contribution in [0.3, 0.4) is 0 Å². The van der Waals surface area contributed by atoms with Gasteiger partial charge in [-0.2, -0.15) is 0 Å². The number of amidine groups is 1. The number of aliphatic hydroxyl groups is 1. The monoisotopic (exact) mass is 286 g/mol. The molecule has 0 saturated carbocycles. The largest absolute Gasteiger partial charge is 0.456 e. The summed E-state index contributed by atoms with van der Waals surface area (Å²) in [5.41, 5.74) is 7.99. The van der Waals surface area contributed by atoms with Gasteiger partial charge in [-0.25, -0.2) is 0 Å². The SMILES string of the molecule is Cc1cccc(/C(N)=N/O)c1Oc1ccccc1CCO. The molecule has 4 N–H and O–H groups in total. The Morgan fingerprint density at radius 3 is 2.67 bits per heavy atom. The maximum atomic E-state index is 9.12. The van der Waals surface area contributed by atoms with Gasteiger partial charge in [0.1, 0.15) is 11.5 Å². The van der Waals surface area contributed by atoms with Crippen molar-refractivity contribution in [3.8, 4) is 11.5 Å². The number of oxime groups is 1. The lowest BCUT2D eigenvalue weighted by Gasteiger charge is -2.15. The Bertz CT molecular complexity index is 654. The second kappa shape index (κ2) is 6.76. The van der Waals surface area contributed by atoms with Crippen molar-refractivity contribution < 1.29 is 15.1 Å². The Hall–Kier alpha value is -2.53. The van der Waals surface area contributed by atoms with Crippen molar-refractivity contribution in [1.29, 1.82) is 0 Å². The number of nitrogens with two attached hydrogens (primary N) is 1. The van der Waals surface area contributed by atoms with Crippen molar-refractivity contribution in [2.75, 3.05) is 6.61 Å². The molecule has 0 fully saturated rings. The molecule has 0 aromatic heterocycles. The summed E-state index contributed by atoms with van der Waals surface area (Å²) in [4.78, 5) is 0. The number of nitrogens with zero attached hydrogens (tertiary/aromatic N) is 1. The molecule has 5 nitrogen and oxygen atoms in total. The molecule has 0 saturated heterocycles. The molecule has 0 radical (unpaired) electrons. The Morgan fingerprint density at radius 2 is 1.95 bits per heavy atom. The lowest BCUT2D eigenvalue weighted by Crippen LogP contribution is -2.14. The molecule has 0 spiro atoms. The number of hydrogen-bond acceptors (Lipinski definition) is 4. The van der Waals surface area contributed by atoms with Gasteiger partial charge in [-0.1, -0.05) is 35.5 Å². The number of ether oxygens (including phenoxy) is 1. The maximum Gasteiger partial charge on any atom is 0.173 e. The van der Waals surface area contributed by atoms with Crippen LogP contribution < -0.4 is 10.5 Å². The fraction of sp³-hybridized carbons (Fsp3) is 0.188. The van der Waals surface area contributed by atoms with Crippen molar-refractivity contribution in [2.45, 2.75) is 13.3 Å². The smallest absolute Gasteiger partial charge is 0.173 e. The highest BCUT2D eigenvalue weighted by Crippen LogP contribution is 2.31. The first-order chi connectivity index (χ1) is 10.2. The molecular formula is C16H18N2O3. The first-order valence-electron chi connectivity index (χ1n) is 6.61. The molecule has 0 aliphatic heterocycles. The van der Waals surface area contributed by atoms with E-state index in [1.807, 2.05) is 43.3 Å². The lowest BCUT2D eigenvalue weighted by molar-refractivity contribution is 0.298. The molecule has 21 heavy (non-hydrogen) atoms. The minimum Gasteiger partial charge on any atom is -0.456 e. The third-order valence-electron chi connectivity index (χ3n) is 3.16. The zero-order chi connectivity index (χ0) is 15.2. The molecule has 5 heteroatoms. The van der Waals surface area contributed by atoms with Crippen LogP contribution in [0.1, 0.15) is 16.7 Å². The number of aryl methyl sites for hydroxylation is 1. The standard InChI is InChI=1S/C16H18N2O3/c1-11-5-4-7-13(16(17)18-20)15(11)21-14-8-3-2-6-12(14)9-10-19/h2-8,19-20H,9-10H2,1H3,(H2,17,18). The summed E-state index contributed by atoms with van der Waals surface area (Å²) in [5.74, 6) is 1.18. The highest BCUT2D eigenvalue weighted by molar-refractivity contribution is 6.00. The predicted molar refractivity (Wildman–Crippen MR) is 81.0 cm³/mol. The summed E-state index contributed by atoms with van der Waals surface area (Å²) in [6, 6.07) is 12.9. The second-order valence-electron chi connectivity index (χ2n) is 4.62. The van der Waals surface area contributed by atoms with Gasteiger partial charge < -0.3 is 20.8 Å². The second-order valence-corrected chi connectivity index (χ2v) is 4.62. The molecule has 0 amide bonds. The molecule has 0 aliphatic carbocycles. The quantitative estimate of drug-likeness (QED) is 0.341. The summed E-state index contributed by atoms with van der Waals surface area (Å²) in [7, 11) is 0. The van der Waals surface area contributed by atoms with E-state index < -0.39 is 0 Å². The van der Waals surface area contributed by atoms with E-state index in [1.165, 1.54) is 0 Å². The van der Waals surface area contributed by atoms with E-state index in [0.29, 0.717) is 23.5 Å². The topological polar surface area (TPSA) is 88.1 Å². The van der Waals surface area contributed by atoms with Crippen LogP contribution in [0.2, 0.25) is 0 Å². The van der Waals surface area contributed by atoms with Crippen molar-refractivity contribution in [3.05, 3.63) is 59.2 Å². The van der Waals surface area contributed by atoms with Crippen LogP contribution >= 0.6 is 0 Å². The number of para-hydroxylation sites is 2. The van der Waals surface area contributed by atoms with Gasteiger partial charge in [0, 0.05) is 6.61 Å². The van der Waals surface area contributed by atoms with Gasteiger partial charge in [0.05, 0.1) is 5.56 Å². The molecule has 2 rings (SSSR count). The van der Waals surface area contributed by atoms with E-state index in [4.69, 9.17) is 20.8 Å². The number of aliphatic hydroxyl groups excluding tert-OH is 1. The van der Waals surface area contributed by atoms with Crippen LogP contribution in [0, 0.1) is 6.92 Å². The first kappa shape index (κ1) is 14.9. The average Bonchev–Trinajstić information content (AvgIpc) is 2.50. The lowest BCUT2D eigenvalue weighted by atomic mass is 10.1. The minimum absolute atomic E-state index is 0.00617. The van der Waals surface area contributed by atoms with Crippen molar-refractivity contribution in [1.82, 2.24) is 0 Å². The van der Waals surface area contributed by atoms with Crippen LogP contribution in [0.4, 0.5) is 0 Å². The predicted octanol–water partition coefficient (Wildman–Crippen LogP) is 2.42. The van der Waals surface area contributed by atoms with Crippen molar-refractivity contribution in [2.24, 2.45) is 10.9 Å².